The summed E-state index contributed by atoms with van der Waals surface area (Å²) in [4.78, 5) is 20.0. The average molecular weight is 458 g/mol. The van der Waals surface area contributed by atoms with Gasteiger partial charge < -0.3 is 19.3 Å². The van der Waals surface area contributed by atoms with Crippen molar-refractivity contribution in [2.24, 2.45) is 0 Å². The maximum Gasteiger partial charge on any atom is 0.254 e. The summed E-state index contributed by atoms with van der Waals surface area (Å²) in [6.07, 6.45) is 2.66. The Bertz CT molecular complexity index is 909. The van der Waals surface area contributed by atoms with Crippen LogP contribution in [0.3, 0.4) is 0 Å². The van der Waals surface area contributed by atoms with Gasteiger partial charge >= 0.3 is 0 Å². The SMILES string of the molecule is COc1cc(C(=O)N2CCN(CCN3CCCC3)CC2)ccc1OCc1ccccc1Cl. The first-order chi connectivity index (χ1) is 15.6. The molecule has 32 heavy (non-hydrogen) atoms. The molecule has 2 aromatic rings. The lowest BCUT2D eigenvalue weighted by Crippen LogP contribution is -2.50. The van der Waals surface area contributed by atoms with Crippen LogP contribution in [0, 0.1) is 0 Å². The summed E-state index contributed by atoms with van der Waals surface area (Å²) in [5.41, 5.74) is 1.52. The molecule has 2 aliphatic rings. The number of piperazine rings is 1. The molecule has 4 rings (SSSR count). The molecule has 0 saturated carbocycles. The van der Waals surface area contributed by atoms with Crippen LogP contribution in [0.2, 0.25) is 5.02 Å². The summed E-state index contributed by atoms with van der Waals surface area (Å²) >= 11 is 6.21. The third-order valence-corrected chi connectivity index (χ3v) is 6.71. The fourth-order valence-electron chi connectivity index (χ4n) is 4.34. The van der Waals surface area contributed by atoms with Crippen LogP contribution in [-0.4, -0.2) is 80.1 Å². The van der Waals surface area contributed by atoms with Crippen LogP contribution < -0.4 is 9.47 Å². The largest absolute Gasteiger partial charge is 0.493 e. The fraction of sp³-hybridized carbons (Fsp3) is 0.480. The number of likely N-dealkylation sites (tertiary alicyclic amines) is 1. The second-order valence-electron chi connectivity index (χ2n) is 8.43. The molecule has 2 saturated heterocycles. The van der Waals surface area contributed by atoms with Crippen LogP contribution in [0.5, 0.6) is 11.5 Å². The summed E-state index contributed by atoms with van der Waals surface area (Å²) < 4.78 is 11.4. The summed E-state index contributed by atoms with van der Waals surface area (Å²) in [7, 11) is 1.59. The van der Waals surface area contributed by atoms with Crippen molar-refractivity contribution in [3.05, 3.63) is 58.6 Å². The van der Waals surface area contributed by atoms with Crippen LogP contribution >= 0.6 is 11.6 Å². The Balaban J connectivity index is 1.31. The molecule has 2 heterocycles. The minimum absolute atomic E-state index is 0.0418. The van der Waals surface area contributed by atoms with E-state index in [2.05, 4.69) is 9.80 Å². The van der Waals surface area contributed by atoms with Gasteiger partial charge in [0.15, 0.2) is 11.5 Å². The van der Waals surface area contributed by atoms with Gasteiger partial charge in [-0.3, -0.25) is 9.69 Å². The first kappa shape index (κ1) is 22.9. The molecule has 0 bridgehead atoms. The number of amides is 1. The zero-order chi connectivity index (χ0) is 22.3. The van der Waals surface area contributed by atoms with Crippen LogP contribution in [0.1, 0.15) is 28.8 Å². The topological polar surface area (TPSA) is 45.2 Å². The molecule has 2 aromatic carbocycles. The molecule has 2 aliphatic heterocycles. The van der Waals surface area contributed by atoms with E-state index in [9.17, 15) is 4.79 Å². The minimum atomic E-state index is 0.0418. The third-order valence-electron chi connectivity index (χ3n) is 6.34. The van der Waals surface area contributed by atoms with Crippen molar-refractivity contribution in [3.8, 4) is 11.5 Å². The number of ether oxygens (including phenoxy) is 2. The Morgan fingerprint density at radius 1 is 0.906 bits per heavy atom. The van der Waals surface area contributed by atoms with Crippen LogP contribution in [0.4, 0.5) is 0 Å². The lowest BCUT2D eigenvalue weighted by atomic mass is 10.1. The van der Waals surface area contributed by atoms with Crippen molar-refractivity contribution in [1.29, 1.82) is 0 Å². The molecule has 0 spiro atoms. The summed E-state index contributed by atoms with van der Waals surface area (Å²) in [5.74, 6) is 1.18. The first-order valence-corrected chi connectivity index (χ1v) is 11.8. The lowest BCUT2D eigenvalue weighted by Gasteiger charge is -2.35. The van der Waals surface area contributed by atoms with E-state index in [0.717, 1.165) is 44.8 Å². The van der Waals surface area contributed by atoms with Gasteiger partial charge in [0.1, 0.15) is 6.61 Å². The molecule has 0 N–H and O–H groups in total. The summed E-state index contributed by atoms with van der Waals surface area (Å²) in [5, 5.41) is 0.665. The maximum absolute atomic E-state index is 13.1. The number of nitrogens with zero attached hydrogens (tertiary/aromatic N) is 3. The first-order valence-electron chi connectivity index (χ1n) is 11.4. The van der Waals surface area contributed by atoms with Crippen molar-refractivity contribution in [2.75, 3.05) is 59.5 Å². The Morgan fingerprint density at radius 3 is 2.28 bits per heavy atom. The monoisotopic (exact) mass is 457 g/mol. The second-order valence-corrected chi connectivity index (χ2v) is 8.84. The number of benzene rings is 2. The highest BCUT2D eigenvalue weighted by atomic mass is 35.5. The highest BCUT2D eigenvalue weighted by Gasteiger charge is 2.23. The maximum atomic E-state index is 13.1. The summed E-state index contributed by atoms with van der Waals surface area (Å²) in [6, 6.07) is 13.0. The van der Waals surface area contributed by atoms with E-state index in [1.807, 2.05) is 35.2 Å². The minimum Gasteiger partial charge on any atom is -0.493 e. The molecule has 7 heteroatoms. The van der Waals surface area contributed by atoms with Crippen molar-refractivity contribution >= 4 is 17.5 Å². The number of methoxy groups -OCH3 is 1. The second kappa shape index (κ2) is 11.0. The Labute approximate surface area is 195 Å². The van der Waals surface area contributed by atoms with Gasteiger partial charge in [-0.25, -0.2) is 0 Å². The van der Waals surface area contributed by atoms with Crippen molar-refractivity contribution in [1.82, 2.24) is 14.7 Å². The van der Waals surface area contributed by atoms with Gasteiger partial charge in [0.25, 0.3) is 5.91 Å². The highest BCUT2D eigenvalue weighted by molar-refractivity contribution is 6.31. The molecule has 0 unspecified atom stereocenters. The standard InChI is InChI=1S/C25H32ClN3O3/c1-31-24-18-20(8-9-23(24)32-19-21-6-2-3-7-22(21)26)25(30)29-16-14-28(15-17-29)13-12-27-10-4-5-11-27/h2-3,6-9,18H,4-5,10-17,19H2,1H3. The van der Waals surface area contributed by atoms with E-state index in [1.165, 1.54) is 25.9 Å². The number of hydrogen-bond donors (Lipinski definition) is 0. The van der Waals surface area contributed by atoms with Crippen molar-refractivity contribution in [2.45, 2.75) is 19.4 Å². The van der Waals surface area contributed by atoms with Gasteiger partial charge in [-0.05, 0) is 50.2 Å². The van der Waals surface area contributed by atoms with E-state index in [1.54, 1.807) is 19.2 Å². The number of carbonyl (C=O) groups is 1. The molecular formula is C25H32ClN3O3. The number of halogens is 1. The normalized spacial score (nSPS) is 17.5. The van der Waals surface area contributed by atoms with Crippen LogP contribution in [0.25, 0.3) is 0 Å². The third kappa shape index (κ3) is 5.74. The zero-order valence-corrected chi connectivity index (χ0v) is 19.5. The molecular weight excluding hydrogens is 426 g/mol. The van der Waals surface area contributed by atoms with Gasteiger partial charge in [-0.2, -0.15) is 0 Å². The molecule has 0 atom stereocenters. The Morgan fingerprint density at radius 2 is 1.59 bits per heavy atom. The van der Waals surface area contributed by atoms with Gasteiger partial charge in [0.05, 0.1) is 7.11 Å². The predicted molar refractivity (Wildman–Crippen MR) is 127 cm³/mol. The molecule has 172 valence electrons. The predicted octanol–water partition coefficient (Wildman–Crippen LogP) is 3.78. The number of rotatable bonds is 8. The quantitative estimate of drug-likeness (QED) is 0.603. The molecule has 0 aromatic heterocycles. The van der Waals surface area contributed by atoms with E-state index in [-0.39, 0.29) is 5.91 Å². The van der Waals surface area contributed by atoms with E-state index < -0.39 is 0 Å². The van der Waals surface area contributed by atoms with Crippen LogP contribution in [0.15, 0.2) is 42.5 Å². The van der Waals surface area contributed by atoms with Gasteiger partial charge in [0.2, 0.25) is 0 Å². The van der Waals surface area contributed by atoms with Crippen LogP contribution in [-0.2, 0) is 6.61 Å². The van der Waals surface area contributed by atoms with Gasteiger partial charge in [-0.15, -0.1) is 0 Å². The zero-order valence-electron chi connectivity index (χ0n) is 18.8. The lowest BCUT2D eigenvalue weighted by molar-refractivity contribution is 0.0626. The number of carbonyl (C=O) groups excluding carboxylic acids is 1. The molecule has 0 aliphatic carbocycles. The van der Waals surface area contributed by atoms with Crippen molar-refractivity contribution in [3.63, 3.8) is 0 Å². The smallest absolute Gasteiger partial charge is 0.254 e. The van der Waals surface area contributed by atoms with E-state index in [4.69, 9.17) is 21.1 Å². The molecule has 6 nitrogen and oxygen atoms in total. The molecule has 1 amide bonds. The highest BCUT2D eigenvalue weighted by Crippen LogP contribution is 2.30. The average Bonchev–Trinajstić information content (AvgIpc) is 3.36. The van der Waals surface area contributed by atoms with E-state index in [0.29, 0.717) is 28.7 Å². The number of hydrogen-bond acceptors (Lipinski definition) is 5. The molecule has 2 fully saturated rings. The van der Waals surface area contributed by atoms with Gasteiger partial charge in [0, 0.05) is 55.4 Å². The molecule has 0 radical (unpaired) electrons. The fourth-order valence-corrected chi connectivity index (χ4v) is 4.53. The van der Waals surface area contributed by atoms with Gasteiger partial charge in [-0.1, -0.05) is 29.8 Å². The van der Waals surface area contributed by atoms with E-state index >= 15 is 0 Å². The Hall–Kier alpha value is -2.28. The Kier molecular flexibility index (Phi) is 7.90. The summed E-state index contributed by atoms with van der Waals surface area (Å²) in [6.45, 7) is 8.40. The van der Waals surface area contributed by atoms with Crippen molar-refractivity contribution < 1.29 is 14.3 Å².